The van der Waals surface area contributed by atoms with Crippen molar-refractivity contribution in [2.75, 3.05) is 37.6 Å². The predicted octanol–water partition coefficient (Wildman–Crippen LogP) is 5.65. The van der Waals surface area contributed by atoms with Crippen LogP contribution in [0.1, 0.15) is 57.7 Å². The summed E-state index contributed by atoms with van der Waals surface area (Å²) in [6, 6.07) is 18.1. The highest BCUT2D eigenvalue weighted by Gasteiger charge is 2.46. The zero-order chi connectivity index (χ0) is 25.4. The molecule has 0 aliphatic carbocycles. The molecule has 2 aliphatic heterocycles. The van der Waals surface area contributed by atoms with Crippen LogP contribution in [0.5, 0.6) is 0 Å². The molecule has 3 aromatic rings. The molecule has 0 bridgehead atoms. The van der Waals surface area contributed by atoms with E-state index in [9.17, 15) is 9.59 Å². The molecule has 36 heavy (non-hydrogen) atoms. The Morgan fingerprint density at radius 1 is 1.00 bits per heavy atom. The summed E-state index contributed by atoms with van der Waals surface area (Å²) < 4.78 is 0. The van der Waals surface area contributed by atoms with E-state index in [0.717, 1.165) is 23.5 Å². The van der Waals surface area contributed by atoms with Crippen LogP contribution in [0.2, 0.25) is 0 Å². The Labute approximate surface area is 218 Å². The lowest BCUT2D eigenvalue weighted by molar-refractivity contribution is -0.135. The zero-order valence-electron chi connectivity index (χ0n) is 21.6. The molecule has 3 heterocycles. The van der Waals surface area contributed by atoms with Gasteiger partial charge in [-0.2, -0.15) is 0 Å². The van der Waals surface area contributed by atoms with Crippen molar-refractivity contribution in [2.45, 2.75) is 39.7 Å². The van der Waals surface area contributed by atoms with Crippen molar-refractivity contribution >= 4 is 28.8 Å². The maximum atomic E-state index is 14.3. The summed E-state index contributed by atoms with van der Waals surface area (Å²) in [4.78, 5) is 35.4. The van der Waals surface area contributed by atoms with Crippen molar-refractivity contribution in [1.29, 1.82) is 0 Å². The Kier molecular flexibility index (Phi) is 6.89. The van der Waals surface area contributed by atoms with Gasteiger partial charge < -0.3 is 14.7 Å². The van der Waals surface area contributed by atoms with E-state index in [4.69, 9.17) is 0 Å². The minimum Gasteiger partial charge on any atom is -0.368 e. The van der Waals surface area contributed by atoms with E-state index in [1.165, 1.54) is 16.8 Å². The number of aryl methyl sites for hydroxylation is 2. The third-order valence-electron chi connectivity index (χ3n) is 7.39. The Morgan fingerprint density at radius 2 is 1.75 bits per heavy atom. The molecular formula is C30H35N3O2S. The van der Waals surface area contributed by atoms with Gasteiger partial charge in [0, 0.05) is 48.9 Å². The van der Waals surface area contributed by atoms with E-state index < -0.39 is 5.92 Å². The lowest BCUT2D eigenvalue weighted by Gasteiger charge is -2.45. The second-order valence-electron chi connectivity index (χ2n) is 10.5. The Bertz CT molecular complexity index is 1240. The Morgan fingerprint density at radius 3 is 2.42 bits per heavy atom. The average Bonchev–Trinajstić information content (AvgIpc) is 3.40. The molecule has 1 saturated heterocycles. The number of hydrogen-bond donors (Lipinski definition) is 0. The number of hydrogen-bond acceptors (Lipinski definition) is 4. The zero-order valence-corrected chi connectivity index (χ0v) is 22.4. The molecular weight excluding hydrogens is 466 g/mol. The molecule has 0 N–H and O–H groups in total. The number of piperazine rings is 1. The standard InChI is InChI=1S/C30H35N3O2S/c1-20(2)19-33-28(26-10-7-17-36-26)27(23-8-5-6-9-24(23)29(33)34)30(35)32-15-13-31(14-16-32)25-12-11-21(3)18-22(25)4/h5-12,17-18,20,27-28H,13-16,19H2,1-4H3. The van der Waals surface area contributed by atoms with Gasteiger partial charge in [0.05, 0.1) is 12.0 Å². The summed E-state index contributed by atoms with van der Waals surface area (Å²) in [5.74, 6) is 0.0616. The van der Waals surface area contributed by atoms with Gasteiger partial charge in [-0.25, -0.2) is 0 Å². The monoisotopic (exact) mass is 501 g/mol. The molecule has 188 valence electrons. The van der Waals surface area contributed by atoms with E-state index in [2.05, 4.69) is 56.9 Å². The van der Waals surface area contributed by atoms with Crippen LogP contribution in [0.15, 0.2) is 60.0 Å². The number of nitrogens with zero attached hydrogens (tertiary/aromatic N) is 3. The molecule has 0 saturated carbocycles. The fraction of sp³-hybridized carbons (Fsp3) is 0.400. The predicted molar refractivity (Wildman–Crippen MR) is 147 cm³/mol. The van der Waals surface area contributed by atoms with Crippen LogP contribution >= 0.6 is 11.3 Å². The maximum Gasteiger partial charge on any atom is 0.254 e. The van der Waals surface area contributed by atoms with Crippen molar-refractivity contribution in [3.8, 4) is 0 Å². The molecule has 2 atom stereocenters. The fourth-order valence-corrected chi connectivity index (χ4v) is 6.63. The Hall–Kier alpha value is -3.12. The molecule has 1 fully saturated rings. The number of fused-ring (bicyclic) bond motifs is 1. The molecule has 2 aliphatic rings. The van der Waals surface area contributed by atoms with Crippen LogP contribution in [0.25, 0.3) is 0 Å². The van der Waals surface area contributed by atoms with E-state index >= 15 is 0 Å². The van der Waals surface area contributed by atoms with Crippen molar-refractivity contribution in [3.63, 3.8) is 0 Å². The topological polar surface area (TPSA) is 43.9 Å². The fourth-order valence-electron chi connectivity index (χ4n) is 5.75. The van der Waals surface area contributed by atoms with Crippen LogP contribution in [0.3, 0.4) is 0 Å². The van der Waals surface area contributed by atoms with Gasteiger partial charge in [-0.3, -0.25) is 9.59 Å². The molecule has 2 amide bonds. The highest BCUT2D eigenvalue weighted by atomic mass is 32.1. The molecule has 0 radical (unpaired) electrons. The first-order valence-corrected chi connectivity index (χ1v) is 13.8. The highest BCUT2D eigenvalue weighted by Crippen LogP contribution is 2.45. The second kappa shape index (κ2) is 10.1. The largest absolute Gasteiger partial charge is 0.368 e. The minimum atomic E-state index is -0.399. The van der Waals surface area contributed by atoms with E-state index in [1.807, 2.05) is 45.5 Å². The number of anilines is 1. The van der Waals surface area contributed by atoms with Crippen LogP contribution in [0.4, 0.5) is 5.69 Å². The van der Waals surface area contributed by atoms with Gasteiger partial charge in [-0.1, -0.05) is 55.8 Å². The summed E-state index contributed by atoms with van der Waals surface area (Å²) in [6.07, 6.45) is 0. The molecule has 5 nitrogen and oxygen atoms in total. The van der Waals surface area contributed by atoms with E-state index in [1.54, 1.807) is 11.3 Å². The van der Waals surface area contributed by atoms with Gasteiger partial charge in [0.1, 0.15) is 0 Å². The molecule has 2 unspecified atom stereocenters. The summed E-state index contributed by atoms with van der Waals surface area (Å²) in [6.45, 7) is 12.1. The van der Waals surface area contributed by atoms with E-state index in [-0.39, 0.29) is 17.9 Å². The van der Waals surface area contributed by atoms with Crippen LogP contribution in [0, 0.1) is 19.8 Å². The smallest absolute Gasteiger partial charge is 0.254 e. The van der Waals surface area contributed by atoms with Crippen LogP contribution < -0.4 is 4.90 Å². The molecule has 6 heteroatoms. The van der Waals surface area contributed by atoms with Gasteiger partial charge in [0.2, 0.25) is 5.91 Å². The lowest BCUT2D eigenvalue weighted by atomic mass is 9.80. The first kappa shape index (κ1) is 24.6. The van der Waals surface area contributed by atoms with Crippen molar-refractivity contribution in [3.05, 3.63) is 87.1 Å². The molecule has 1 aromatic heterocycles. The SMILES string of the molecule is Cc1ccc(N2CCN(C(=O)C3c4ccccc4C(=O)N(CC(C)C)C3c3cccs3)CC2)c(C)c1. The third-order valence-corrected chi connectivity index (χ3v) is 8.33. The summed E-state index contributed by atoms with van der Waals surface area (Å²) in [7, 11) is 0. The van der Waals surface area contributed by atoms with E-state index in [0.29, 0.717) is 31.1 Å². The van der Waals surface area contributed by atoms with Gasteiger partial charge in [0.25, 0.3) is 5.91 Å². The number of rotatable bonds is 5. The van der Waals surface area contributed by atoms with Crippen molar-refractivity contribution in [1.82, 2.24) is 9.80 Å². The van der Waals surface area contributed by atoms with Gasteiger partial charge in [-0.05, 0) is 54.5 Å². The summed E-state index contributed by atoms with van der Waals surface area (Å²) in [5.41, 5.74) is 5.32. The normalized spacial score (nSPS) is 20.1. The quantitative estimate of drug-likeness (QED) is 0.454. The summed E-state index contributed by atoms with van der Waals surface area (Å²) >= 11 is 1.63. The molecule has 2 aromatic carbocycles. The first-order valence-electron chi connectivity index (χ1n) is 12.9. The van der Waals surface area contributed by atoms with Crippen molar-refractivity contribution in [2.24, 2.45) is 5.92 Å². The number of carbonyl (C=O) groups is 2. The average molecular weight is 502 g/mol. The maximum absolute atomic E-state index is 14.3. The third kappa shape index (κ3) is 4.55. The minimum absolute atomic E-state index is 0.0291. The van der Waals surface area contributed by atoms with Crippen molar-refractivity contribution < 1.29 is 9.59 Å². The second-order valence-corrected chi connectivity index (χ2v) is 11.5. The van der Waals surface area contributed by atoms with Crippen LogP contribution in [-0.4, -0.2) is 54.3 Å². The molecule has 5 rings (SSSR count). The number of amides is 2. The number of benzene rings is 2. The van der Waals surface area contributed by atoms with Crippen LogP contribution in [-0.2, 0) is 4.79 Å². The van der Waals surface area contributed by atoms with Gasteiger partial charge in [-0.15, -0.1) is 11.3 Å². The number of thiophene rings is 1. The lowest BCUT2D eigenvalue weighted by Crippen LogP contribution is -2.53. The summed E-state index contributed by atoms with van der Waals surface area (Å²) in [5, 5.41) is 2.04. The molecule has 0 spiro atoms. The van der Waals surface area contributed by atoms with Gasteiger partial charge >= 0.3 is 0 Å². The Balaban J connectivity index is 1.46. The highest BCUT2D eigenvalue weighted by molar-refractivity contribution is 7.10. The first-order chi connectivity index (χ1) is 17.3. The van der Waals surface area contributed by atoms with Gasteiger partial charge in [0.15, 0.2) is 0 Å². The number of carbonyl (C=O) groups excluding carboxylic acids is 2.